The number of primary amides is 2. The number of carbonyl (C=O) groups is 2. The number of halogens is 1. The number of benzene rings is 1. The molecule has 0 aliphatic heterocycles. The van der Waals surface area contributed by atoms with Gasteiger partial charge in [0.05, 0.1) is 19.7 Å². The highest BCUT2D eigenvalue weighted by molar-refractivity contribution is 9.10. The fourth-order valence-corrected chi connectivity index (χ4v) is 1.92. The average molecular weight is 316 g/mol. The molecule has 5 N–H and O–H groups in total. The Bertz CT molecular complexity index is 449. The van der Waals surface area contributed by atoms with Crippen molar-refractivity contribution < 1.29 is 14.7 Å². The first kappa shape index (κ1) is 14.5. The Morgan fingerprint density at radius 2 is 1.78 bits per heavy atom. The smallest absolute Gasteiger partial charge is 0.236 e. The molecule has 18 heavy (non-hydrogen) atoms. The Kier molecular flexibility index (Phi) is 5.11. The van der Waals surface area contributed by atoms with Crippen molar-refractivity contribution in [1.29, 1.82) is 0 Å². The van der Waals surface area contributed by atoms with Crippen LogP contribution in [0.3, 0.4) is 0 Å². The van der Waals surface area contributed by atoms with Crippen LogP contribution in [0.4, 0.5) is 5.69 Å². The van der Waals surface area contributed by atoms with Crippen molar-refractivity contribution in [2.24, 2.45) is 11.5 Å². The summed E-state index contributed by atoms with van der Waals surface area (Å²) in [6, 6.07) is 5.13. The van der Waals surface area contributed by atoms with Gasteiger partial charge in [0.1, 0.15) is 0 Å². The molecule has 0 aromatic heterocycles. The molecule has 0 saturated carbocycles. The van der Waals surface area contributed by atoms with Crippen molar-refractivity contribution in [2.75, 3.05) is 18.0 Å². The molecule has 7 heteroatoms. The van der Waals surface area contributed by atoms with E-state index in [0.717, 1.165) is 4.47 Å². The first-order valence-corrected chi connectivity index (χ1v) is 5.94. The van der Waals surface area contributed by atoms with Gasteiger partial charge in [0.25, 0.3) is 0 Å². The zero-order valence-corrected chi connectivity index (χ0v) is 11.2. The van der Waals surface area contributed by atoms with Gasteiger partial charge in [0, 0.05) is 15.7 Å². The number of nitrogens with two attached hydrogens (primary N) is 2. The number of anilines is 1. The minimum absolute atomic E-state index is 0.146. The van der Waals surface area contributed by atoms with Gasteiger partial charge in [0.15, 0.2) is 0 Å². The molecular formula is C11H14BrN3O3. The third-order valence-electron chi connectivity index (χ3n) is 2.25. The molecule has 0 heterocycles. The monoisotopic (exact) mass is 315 g/mol. The summed E-state index contributed by atoms with van der Waals surface area (Å²) in [4.78, 5) is 23.4. The number of hydrogen-bond acceptors (Lipinski definition) is 4. The third-order valence-corrected chi connectivity index (χ3v) is 2.75. The van der Waals surface area contributed by atoms with Crippen molar-refractivity contribution in [3.63, 3.8) is 0 Å². The zero-order valence-electron chi connectivity index (χ0n) is 9.60. The van der Waals surface area contributed by atoms with Crippen molar-refractivity contribution in [2.45, 2.75) is 6.61 Å². The molecule has 0 unspecified atom stereocenters. The molecule has 0 fully saturated rings. The summed E-state index contributed by atoms with van der Waals surface area (Å²) < 4.78 is 0.758. The second-order valence-electron chi connectivity index (χ2n) is 3.72. The van der Waals surface area contributed by atoms with Gasteiger partial charge in [-0.3, -0.25) is 9.59 Å². The molecule has 6 nitrogen and oxygen atoms in total. The lowest BCUT2D eigenvalue weighted by Crippen LogP contribution is -2.40. The van der Waals surface area contributed by atoms with Crippen LogP contribution >= 0.6 is 15.9 Å². The highest BCUT2D eigenvalue weighted by atomic mass is 79.9. The zero-order chi connectivity index (χ0) is 13.7. The Morgan fingerprint density at radius 1 is 1.22 bits per heavy atom. The summed E-state index contributed by atoms with van der Waals surface area (Å²) in [7, 11) is 0. The van der Waals surface area contributed by atoms with Crippen LogP contribution in [-0.2, 0) is 16.2 Å². The van der Waals surface area contributed by atoms with Crippen molar-refractivity contribution in [1.82, 2.24) is 0 Å². The minimum atomic E-state index is -0.583. The van der Waals surface area contributed by atoms with E-state index in [-0.39, 0.29) is 19.7 Å². The van der Waals surface area contributed by atoms with Crippen LogP contribution in [0.1, 0.15) is 5.56 Å². The molecule has 2 amide bonds. The highest BCUT2D eigenvalue weighted by Gasteiger charge is 2.15. The molecule has 0 radical (unpaired) electrons. The maximum atomic E-state index is 11.0. The molecule has 1 aromatic rings. The van der Waals surface area contributed by atoms with Crippen LogP contribution in [0, 0.1) is 0 Å². The van der Waals surface area contributed by atoms with Gasteiger partial charge < -0.3 is 21.5 Å². The number of rotatable bonds is 6. The summed E-state index contributed by atoms with van der Waals surface area (Å²) in [6.45, 7) is -0.505. The molecule has 0 bridgehead atoms. The van der Waals surface area contributed by atoms with Gasteiger partial charge in [-0.15, -0.1) is 0 Å². The van der Waals surface area contributed by atoms with Crippen molar-refractivity contribution in [3.05, 3.63) is 28.2 Å². The van der Waals surface area contributed by atoms with Gasteiger partial charge in [-0.25, -0.2) is 0 Å². The molecule has 98 valence electrons. The van der Waals surface area contributed by atoms with E-state index < -0.39 is 11.8 Å². The van der Waals surface area contributed by atoms with E-state index in [0.29, 0.717) is 11.3 Å². The fraction of sp³-hybridized carbons (Fsp3) is 0.273. The fourth-order valence-electron chi connectivity index (χ4n) is 1.57. The van der Waals surface area contributed by atoms with Crippen molar-refractivity contribution >= 4 is 33.4 Å². The number of aliphatic hydroxyl groups excluding tert-OH is 1. The molecule has 0 aliphatic carbocycles. The first-order chi connectivity index (χ1) is 8.43. The van der Waals surface area contributed by atoms with Gasteiger partial charge >= 0.3 is 0 Å². The number of amides is 2. The summed E-state index contributed by atoms with van der Waals surface area (Å²) in [5.74, 6) is -1.17. The first-order valence-electron chi connectivity index (χ1n) is 5.15. The van der Waals surface area contributed by atoms with Gasteiger partial charge in [0.2, 0.25) is 11.8 Å². The van der Waals surface area contributed by atoms with Crippen LogP contribution in [0.15, 0.2) is 22.7 Å². The van der Waals surface area contributed by atoms with E-state index in [4.69, 9.17) is 11.5 Å². The van der Waals surface area contributed by atoms with Crippen LogP contribution in [0.25, 0.3) is 0 Å². The lowest BCUT2D eigenvalue weighted by Gasteiger charge is -2.24. The van der Waals surface area contributed by atoms with E-state index in [1.807, 2.05) is 0 Å². The Labute approximate surface area is 113 Å². The predicted octanol–water partition coefficient (Wildman–Crippen LogP) is -0.282. The Hall–Kier alpha value is -1.60. The van der Waals surface area contributed by atoms with E-state index >= 15 is 0 Å². The van der Waals surface area contributed by atoms with Crippen molar-refractivity contribution in [3.8, 4) is 0 Å². The van der Waals surface area contributed by atoms with E-state index in [9.17, 15) is 14.7 Å². The van der Waals surface area contributed by atoms with Crippen LogP contribution in [-0.4, -0.2) is 30.0 Å². The van der Waals surface area contributed by atoms with Gasteiger partial charge in [-0.2, -0.15) is 0 Å². The van der Waals surface area contributed by atoms with Gasteiger partial charge in [-0.05, 0) is 12.1 Å². The van der Waals surface area contributed by atoms with Gasteiger partial charge in [-0.1, -0.05) is 22.0 Å². The number of carbonyl (C=O) groups excluding carboxylic acids is 2. The lowest BCUT2D eigenvalue weighted by molar-refractivity contribution is -0.117. The standard InChI is InChI=1S/C11H14BrN3O3/c12-8-2-1-7(6-16)9(3-8)15(4-10(13)17)5-11(14)18/h1-3,16H,4-6H2,(H2,13,17)(H2,14,18). The second-order valence-corrected chi connectivity index (χ2v) is 4.64. The Morgan fingerprint density at radius 3 is 2.22 bits per heavy atom. The topological polar surface area (TPSA) is 110 Å². The third kappa shape index (κ3) is 4.01. The molecule has 0 saturated heterocycles. The maximum absolute atomic E-state index is 11.0. The van der Waals surface area contributed by atoms with Crippen LogP contribution in [0.2, 0.25) is 0 Å². The number of aliphatic hydroxyl groups is 1. The average Bonchev–Trinajstić information content (AvgIpc) is 2.26. The summed E-state index contributed by atoms with van der Waals surface area (Å²) in [6.07, 6.45) is 0. The van der Waals surface area contributed by atoms with E-state index in [2.05, 4.69) is 15.9 Å². The molecular weight excluding hydrogens is 302 g/mol. The molecule has 1 aromatic carbocycles. The number of nitrogens with zero attached hydrogens (tertiary/aromatic N) is 1. The highest BCUT2D eigenvalue weighted by Crippen LogP contribution is 2.25. The molecule has 0 atom stereocenters. The largest absolute Gasteiger partial charge is 0.392 e. The van der Waals surface area contributed by atoms with Crippen LogP contribution < -0.4 is 16.4 Å². The quantitative estimate of drug-likeness (QED) is 0.670. The van der Waals surface area contributed by atoms with E-state index in [1.54, 1.807) is 18.2 Å². The molecule has 0 spiro atoms. The SMILES string of the molecule is NC(=O)CN(CC(N)=O)c1cc(Br)ccc1CO. The maximum Gasteiger partial charge on any atom is 0.236 e. The molecule has 1 rings (SSSR count). The normalized spacial score (nSPS) is 10.1. The predicted molar refractivity (Wildman–Crippen MR) is 70.7 cm³/mol. The number of hydrogen-bond donors (Lipinski definition) is 3. The minimum Gasteiger partial charge on any atom is -0.392 e. The summed E-state index contributed by atoms with van der Waals surface area (Å²) in [5, 5.41) is 9.25. The second kappa shape index (κ2) is 6.36. The molecule has 0 aliphatic rings. The summed E-state index contributed by atoms with van der Waals surface area (Å²) >= 11 is 3.29. The lowest BCUT2D eigenvalue weighted by atomic mass is 10.1. The van der Waals surface area contributed by atoms with Crippen LogP contribution in [0.5, 0.6) is 0 Å². The Balaban J connectivity index is 3.13. The van der Waals surface area contributed by atoms with E-state index in [1.165, 1.54) is 4.90 Å². The summed E-state index contributed by atoms with van der Waals surface area (Å²) in [5.41, 5.74) is 11.4.